The van der Waals surface area contributed by atoms with Gasteiger partial charge in [-0.2, -0.15) is 17.0 Å². The highest BCUT2D eigenvalue weighted by atomic mass is 127. The van der Waals surface area contributed by atoms with Crippen LogP contribution in [0.1, 0.15) is 42.5 Å². The van der Waals surface area contributed by atoms with Crippen LogP contribution in [0.5, 0.6) is 0 Å². The summed E-state index contributed by atoms with van der Waals surface area (Å²) in [4.78, 5) is 14.5. The van der Waals surface area contributed by atoms with Crippen LogP contribution >= 0.6 is 22.6 Å². The lowest BCUT2D eigenvalue weighted by molar-refractivity contribution is 0.0692. The molecule has 144 valence electrons. The zero-order valence-corrected chi connectivity index (χ0v) is 18.1. The summed E-state index contributed by atoms with van der Waals surface area (Å²) < 4.78 is 29.9. The van der Waals surface area contributed by atoms with Crippen molar-refractivity contribution in [3.63, 3.8) is 0 Å². The van der Waals surface area contributed by atoms with E-state index in [-0.39, 0.29) is 11.9 Å². The van der Waals surface area contributed by atoms with Gasteiger partial charge in [-0.3, -0.25) is 4.79 Å². The molecule has 1 saturated carbocycles. The first-order valence-corrected chi connectivity index (χ1v) is 11.7. The second kappa shape index (κ2) is 8.53. The fraction of sp³-hybridized carbons (Fsp3) is 0.611. The molecule has 0 aromatic heterocycles. The van der Waals surface area contributed by atoms with Gasteiger partial charge < -0.3 is 4.90 Å². The lowest BCUT2D eigenvalue weighted by atomic mass is 9.96. The largest absolute Gasteiger partial charge is 0.336 e. The maximum atomic E-state index is 12.9. The summed E-state index contributed by atoms with van der Waals surface area (Å²) in [5.41, 5.74) is 0.684. The van der Waals surface area contributed by atoms with Crippen molar-refractivity contribution in [3.8, 4) is 0 Å². The van der Waals surface area contributed by atoms with Crippen LogP contribution in [0.15, 0.2) is 24.3 Å². The van der Waals surface area contributed by atoms with Crippen molar-refractivity contribution in [2.75, 3.05) is 33.2 Å². The van der Waals surface area contributed by atoms with E-state index in [1.54, 1.807) is 16.3 Å². The van der Waals surface area contributed by atoms with Gasteiger partial charge in [-0.05, 0) is 47.6 Å². The van der Waals surface area contributed by atoms with Crippen LogP contribution in [0.3, 0.4) is 0 Å². The van der Waals surface area contributed by atoms with Crippen molar-refractivity contribution in [1.82, 2.24) is 13.5 Å². The molecule has 2 fully saturated rings. The molecule has 6 nitrogen and oxygen atoms in total. The fourth-order valence-electron chi connectivity index (χ4n) is 3.74. The molecule has 0 atom stereocenters. The summed E-state index contributed by atoms with van der Waals surface area (Å²) in [6, 6.07) is 7.61. The van der Waals surface area contributed by atoms with Gasteiger partial charge in [-0.1, -0.05) is 31.4 Å². The van der Waals surface area contributed by atoms with Crippen molar-refractivity contribution in [2.45, 2.75) is 38.1 Å². The standard InChI is InChI=1S/C18H26IN3O3S/c1-20(15-7-3-2-4-8-15)26(24,25)22-13-11-21(12-14-22)18(23)16-9-5-6-10-17(16)19/h5-6,9-10,15H,2-4,7-8,11-14H2,1H3. The minimum atomic E-state index is -3.46. The van der Waals surface area contributed by atoms with Crippen LogP contribution in [0.4, 0.5) is 0 Å². The van der Waals surface area contributed by atoms with Crippen molar-refractivity contribution in [2.24, 2.45) is 0 Å². The van der Waals surface area contributed by atoms with E-state index in [1.807, 2.05) is 24.3 Å². The number of nitrogens with zero attached hydrogens (tertiary/aromatic N) is 3. The molecule has 8 heteroatoms. The Hall–Kier alpha value is -0.710. The van der Waals surface area contributed by atoms with E-state index in [4.69, 9.17) is 0 Å². The molecule has 1 saturated heterocycles. The van der Waals surface area contributed by atoms with E-state index >= 15 is 0 Å². The molecule has 1 aromatic rings. The molecule has 0 radical (unpaired) electrons. The van der Waals surface area contributed by atoms with Crippen molar-refractivity contribution >= 4 is 38.7 Å². The first kappa shape index (κ1) is 20.0. The summed E-state index contributed by atoms with van der Waals surface area (Å²) >= 11 is 2.16. The Balaban J connectivity index is 1.62. The smallest absolute Gasteiger partial charge is 0.282 e. The molecule has 1 aliphatic heterocycles. The summed E-state index contributed by atoms with van der Waals surface area (Å²) in [5, 5.41) is 0. The van der Waals surface area contributed by atoms with Crippen molar-refractivity contribution in [3.05, 3.63) is 33.4 Å². The van der Waals surface area contributed by atoms with Crippen molar-refractivity contribution in [1.29, 1.82) is 0 Å². The number of halogens is 1. The number of benzene rings is 1. The molecular formula is C18H26IN3O3S. The van der Waals surface area contributed by atoms with Crippen molar-refractivity contribution < 1.29 is 13.2 Å². The number of carbonyl (C=O) groups is 1. The zero-order chi connectivity index (χ0) is 18.7. The first-order valence-electron chi connectivity index (χ1n) is 9.18. The Kier molecular flexibility index (Phi) is 6.58. The average molecular weight is 491 g/mol. The van der Waals surface area contributed by atoms with E-state index in [1.165, 1.54) is 10.7 Å². The quantitative estimate of drug-likeness (QED) is 0.609. The highest BCUT2D eigenvalue weighted by molar-refractivity contribution is 14.1. The third-order valence-electron chi connectivity index (χ3n) is 5.41. The molecule has 0 bridgehead atoms. The molecular weight excluding hydrogens is 465 g/mol. The molecule has 1 amide bonds. The number of hydrogen-bond donors (Lipinski definition) is 0. The Morgan fingerprint density at radius 1 is 1.08 bits per heavy atom. The minimum absolute atomic E-state index is 0.0207. The first-order chi connectivity index (χ1) is 12.4. The fourth-order valence-corrected chi connectivity index (χ4v) is 5.94. The lowest BCUT2D eigenvalue weighted by Gasteiger charge is -2.38. The lowest BCUT2D eigenvalue weighted by Crippen LogP contribution is -2.55. The van der Waals surface area contributed by atoms with E-state index in [9.17, 15) is 13.2 Å². The van der Waals surface area contributed by atoms with Gasteiger partial charge in [-0.15, -0.1) is 0 Å². The number of hydrogen-bond acceptors (Lipinski definition) is 3. The molecule has 0 N–H and O–H groups in total. The Labute approximate surface area is 169 Å². The minimum Gasteiger partial charge on any atom is -0.336 e. The van der Waals surface area contributed by atoms with Gasteiger partial charge >= 0.3 is 0 Å². The van der Waals surface area contributed by atoms with E-state index in [0.717, 1.165) is 29.3 Å². The third kappa shape index (κ3) is 4.23. The normalized spacial score (nSPS) is 20.5. The van der Waals surface area contributed by atoms with Gasteiger partial charge in [-0.25, -0.2) is 0 Å². The monoisotopic (exact) mass is 491 g/mol. The molecule has 1 aromatic carbocycles. The van der Waals surface area contributed by atoms with E-state index < -0.39 is 10.2 Å². The Morgan fingerprint density at radius 2 is 1.69 bits per heavy atom. The summed E-state index contributed by atoms with van der Waals surface area (Å²) in [6.07, 6.45) is 5.29. The van der Waals surface area contributed by atoms with Gasteiger partial charge in [0.25, 0.3) is 16.1 Å². The molecule has 2 aliphatic rings. The predicted molar refractivity (Wildman–Crippen MR) is 110 cm³/mol. The van der Waals surface area contributed by atoms with Gasteiger partial charge in [0.05, 0.1) is 5.56 Å². The van der Waals surface area contributed by atoms with Crippen LogP contribution in [0, 0.1) is 3.57 Å². The molecule has 3 rings (SSSR count). The van der Waals surface area contributed by atoms with E-state index in [0.29, 0.717) is 31.7 Å². The second-order valence-corrected chi connectivity index (χ2v) is 10.1. The van der Waals surface area contributed by atoms with Gasteiger partial charge in [0.15, 0.2) is 0 Å². The molecule has 1 aliphatic carbocycles. The number of amides is 1. The van der Waals surface area contributed by atoms with E-state index in [2.05, 4.69) is 22.6 Å². The van der Waals surface area contributed by atoms with Gasteiger partial charge in [0.2, 0.25) is 0 Å². The number of carbonyl (C=O) groups excluding carboxylic acids is 1. The second-order valence-electron chi connectivity index (χ2n) is 6.99. The summed E-state index contributed by atoms with van der Waals surface area (Å²) in [6.45, 7) is 1.58. The van der Waals surface area contributed by atoms with Crippen LogP contribution in [-0.2, 0) is 10.2 Å². The topological polar surface area (TPSA) is 60.9 Å². The zero-order valence-electron chi connectivity index (χ0n) is 15.1. The maximum Gasteiger partial charge on any atom is 0.282 e. The Morgan fingerprint density at radius 3 is 2.31 bits per heavy atom. The number of piperazine rings is 1. The van der Waals surface area contributed by atoms with Crippen LogP contribution < -0.4 is 0 Å². The molecule has 0 unspecified atom stereocenters. The average Bonchev–Trinajstić information content (AvgIpc) is 2.68. The van der Waals surface area contributed by atoms with Gasteiger partial charge in [0.1, 0.15) is 0 Å². The SMILES string of the molecule is CN(C1CCCCC1)S(=O)(=O)N1CCN(C(=O)c2ccccc2I)CC1. The summed E-state index contributed by atoms with van der Waals surface area (Å²) in [5.74, 6) is -0.0207. The van der Waals surface area contributed by atoms with Crippen LogP contribution in [0.25, 0.3) is 0 Å². The highest BCUT2D eigenvalue weighted by Crippen LogP contribution is 2.25. The Bertz CT molecular complexity index is 742. The maximum absolute atomic E-state index is 12.9. The molecule has 1 heterocycles. The van der Waals surface area contributed by atoms with Crippen LogP contribution in [-0.4, -0.2) is 67.1 Å². The molecule has 26 heavy (non-hydrogen) atoms. The summed E-state index contributed by atoms with van der Waals surface area (Å²) in [7, 11) is -1.75. The van der Waals surface area contributed by atoms with Crippen LogP contribution in [0.2, 0.25) is 0 Å². The highest BCUT2D eigenvalue weighted by Gasteiger charge is 2.35. The third-order valence-corrected chi connectivity index (χ3v) is 8.39. The number of rotatable bonds is 4. The molecule has 0 spiro atoms. The van der Waals surface area contributed by atoms with Gasteiger partial charge in [0, 0.05) is 42.8 Å². The predicted octanol–water partition coefficient (Wildman–Crippen LogP) is 2.56.